The van der Waals surface area contributed by atoms with Crippen molar-refractivity contribution in [3.8, 4) is 5.75 Å². The lowest BCUT2D eigenvalue weighted by atomic mass is 9.89. The minimum absolute atomic E-state index is 0.367. The Morgan fingerprint density at radius 3 is 2.71 bits per heavy atom. The summed E-state index contributed by atoms with van der Waals surface area (Å²) < 4.78 is 11.8. The zero-order valence-corrected chi connectivity index (χ0v) is 12.5. The van der Waals surface area contributed by atoms with Gasteiger partial charge >= 0.3 is 0 Å². The van der Waals surface area contributed by atoms with E-state index in [1.54, 1.807) is 0 Å². The lowest BCUT2D eigenvalue weighted by molar-refractivity contribution is 0.0531. The molecule has 1 atom stereocenters. The van der Waals surface area contributed by atoms with Crippen molar-refractivity contribution in [1.82, 2.24) is 0 Å². The van der Waals surface area contributed by atoms with Crippen LogP contribution in [0.5, 0.6) is 5.75 Å². The third kappa shape index (κ3) is 3.45. The summed E-state index contributed by atoms with van der Waals surface area (Å²) in [5.74, 6) is 1.03. The van der Waals surface area contributed by atoms with Crippen molar-refractivity contribution in [3.05, 3.63) is 65.2 Å². The molecule has 0 fully saturated rings. The molecule has 1 aliphatic rings. The number of hydrogen-bond acceptors (Lipinski definition) is 2. The van der Waals surface area contributed by atoms with Gasteiger partial charge in [0.05, 0.1) is 6.10 Å². The Hall–Kier alpha value is -1.80. The molecule has 0 N–H and O–H groups in total. The Kier molecular flexibility index (Phi) is 4.56. The normalized spacial score (nSPS) is 17.3. The molecule has 2 heteroatoms. The van der Waals surface area contributed by atoms with E-state index in [1.807, 2.05) is 18.2 Å². The smallest absolute Gasteiger partial charge is 0.123 e. The maximum Gasteiger partial charge on any atom is 0.123 e. The standard InChI is InChI=1S/C19H22O2/c1-2-20-17-11-12-18-16(13-17)9-6-10-19(18)21-14-15-7-4-3-5-8-15/h3-10,17H,2,11-14H2,1H3. The van der Waals surface area contributed by atoms with Crippen molar-refractivity contribution in [3.63, 3.8) is 0 Å². The van der Waals surface area contributed by atoms with E-state index in [1.165, 1.54) is 16.7 Å². The van der Waals surface area contributed by atoms with Crippen LogP contribution < -0.4 is 4.74 Å². The Morgan fingerprint density at radius 1 is 1.05 bits per heavy atom. The number of fused-ring (bicyclic) bond motifs is 1. The third-order valence-electron chi connectivity index (χ3n) is 4.03. The molecule has 0 amide bonds. The van der Waals surface area contributed by atoms with E-state index < -0.39 is 0 Å². The zero-order valence-electron chi connectivity index (χ0n) is 12.5. The second kappa shape index (κ2) is 6.77. The first kappa shape index (κ1) is 14.2. The highest BCUT2D eigenvalue weighted by Crippen LogP contribution is 2.31. The van der Waals surface area contributed by atoms with Gasteiger partial charge in [-0.3, -0.25) is 0 Å². The number of hydrogen-bond donors (Lipinski definition) is 0. The van der Waals surface area contributed by atoms with Gasteiger partial charge in [0.2, 0.25) is 0 Å². The maximum atomic E-state index is 6.04. The molecular formula is C19H22O2. The topological polar surface area (TPSA) is 18.5 Å². The van der Waals surface area contributed by atoms with Crippen LogP contribution in [0.1, 0.15) is 30.0 Å². The summed E-state index contributed by atoms with van der Waals surface area (Å²) in [6.45, 7) is 3.49. The highest BCUT2D eigenvalue weighted by molar-refractivity contribution is 5.42. The van der Waals surface area contributed by atoms with Crippen molar-refractivity contribution in [2.45, 2.75) is 38.9 Å². The van der Waals surface area contributed by atoms with E-state index >= 15 is 0 Å². The average Bonchev–Trinajstić information content (AvgIpc) is 2.54. The first-order chi connectivity index (χ1) is 10.4. The van der Waals surface area contributed by atoms with Crippen LogP contribution in [0.3, 0.4) is 0 Å². The Balaban J connectivity index is 1.71. The van der Waals surface area contributed by atoms with Crippen LogP contribution in [0.15, 0.2) is 48.5 Å². The molecule has 1 aliphatic carbocycles. The summed E-state index contributed by atoms with van der Waals surface area (Å²) >= 11 is 0. The lowest BCUT2D eigenvalue weighted by Crippen LogP contribution is -2.23. The van der Waals surface area contributed by atoms with Crippen molar-refractivity contribution in [1.29, 1.82) is 0 Å². The molecular weight excluding hydrogens is 260 g/mol. The molecule has 2 aromatic rings. The van der Waals surface area contributed by atoms with Gasteiger partial charge in [0.1, 0.15) is 12.4 Å². The zero-order chi connectivity index (χ0) is 14.5. The molecule has 2 nitrogen and oxygen atoms in total. The van der Waals surface area contributed by atoms with Gasteiger partial charge in [-0.2, -0.15) is 0 Å². The van der Waals surface area contributed by atoms with Gasteiger partial charge in [0.15, 0.2) is 0 Å². The largest absolute Gasteiger partial charge is 0.489 e. The molecule has 0 radical (unpaired) electrons. The van der Waals surface area contributed by atoms with Gasteiger partial charge in [-0.25, -0.2) is 0 Å². The van der Waals surface area contributed by atoms with E-state index in [-0.39, 0.29) is 0 Å². The lowest BCUT2D eigenvalue weighted by Gasteiger charge is -2.26. The summed E-state index contributed by atoms with van der Waals surface area (Å²) in [6, 6.07) is 16.7. The fraction of sp³-hybridized carbons (Fsp3) is 0.368. The van der Waals surface area contributed by atoms with Gasteiger partial charge in [-0.1, -0.05) is 42.5 Å². The highest BCUT2D eigenvalue weighted by atomic mass is 16.5. The summed E-state index contributed by atoms with van der Waals surface area (Å²) in [5, 5.41) is 0. The van der Waals surface area contributed by atoms with Crippen LogP contribution in [0.2, 0.25) is 0 Å². The fourth-order valence-corrected chi connectivity index (χ4v) is 2.99. The SMILES string of the molecule is CCOC1CCc2c(cccc2OCc2ccccc2)C1. The Labute approximate surface area is 126 Å². The second-order valence-electron chi connectivity index (χ2n) is 5.49. The number of benzene rings is 2. The van der Waals surface area contributed by atoms with Crippen molar-refractivity contribution in [2.24, 2.45) is 0 Å². The van der Waals surface area contributed by atoms with E-state index in [0.717, 1.165) is 31.6 Å². The fourth-order valence-electron chi connectivity index (χ4n) is 2.99. The monoisotopic (exact) mass is 282 g/mol. The van der Waals surface area contributed by atoms with Gasteiger partial charge in [-0.15, -0.1) is 0 Å². The van der Waals surface area contributed by atoms with Crippen LogP contribution in [-0.2, 0) is 24.2 Å². The van der Waals surface area contributed by atoms with Crippen molar-refractivity contribution >= 4 is 0 Å². The van der Waals surface area contributed by atoms with Crippen molar-refractivity contribution in [2.75, 3.05) is 6.61 Å². The predicted octanol–water partition coefficient (Wildman–Crippen LogP) is 4.16. The molecule has 3 rings (SSSR count). The van der Waals surface area contributed by atoms with E-state index in [0.29, 0.717) is 12.7 Å². The van der Waals surface area contributed by atoms with Crippen LogP contribution in [-0.4, -0.2) is 12.7 Å². The molecule has 110 valence electrons. The first-order valence-electron chi connectivity index (χ1n) is 7.76. The molecule has 2 aromatic carbocycles. The maximum absolute atomic E-state index is 6.04. The minimum atomic E-state index is 0.367. The summed E-state index contributed by atoms with van der Waals surface area (Å²) in [7, 11) is 0. The van der Waals surface area contributed by atoms with Crippen molar-refractivity contribution < 1.29 is 9.47 Å². The third-order valence-corrected chi connectivity index (χ3v) is 4.03. The summed E-state index contributed by atoms with van der Waals surface area (Å²) in [5.41, 5.74) is 3.95. The predicted molar refractivity (Wildman–Crippen MR) is 84.7 cm³/mol. The molecule has 21 heavy (non-hydrogen) atoms. The first-order valence-corrected chi connectivity index (χ1v) is 7.76. The van der Waals surface area contributed by atoms with Gasteiger partial charge in [-0.05, 0) is 48.9 Å². The van der Waals surface area contributed by atoms with E-state index in [9.17, 15) is 0 Å². The molecule has 1 unspecified atom stereocenters. The Bertz CT molecular complexity index is 577. The molecule has 0 aromatic heterocycles. The Morgan fingerprint density at radius 2 is 1.90 bits per heavy atom. The number of ether oxygens (including phenoxy) is 2. The van der Waals surface area contributed by atoms with E-state index in [2.05, 4.69) is 37.3 Å². The minimum Gasteiger partial charge on any atom is -0.489 e. The summed E-state index contributed by atoms with van der Waals surface area (Å²) in [6.07, 6.45) is 3.51. The van der Waals surface area contributed by atoms with Gasteiger partial charge < -0.3 is 9.47 Å². The van der Waals surface area contributed by atoms with Crippen LogP contribution >= 0.6 is 0 Å². The van der Waals surface area contributed by atoms with Crippen LogP contribution in [0, 0.1) is 0 Å². The van der Waals surface area contributed by atoms with Gasteiger partial charge in [0, 0.05) is 6.61 Å². The van der Waals surface area contributed by atoms with Crippen LogP contribution in [0.4, 0.5) is 0 Å². The van der Waals surface area contributed by atoms with Gasteiger partial charge in [0.25, 0.3) is 0 Å². The summed E-state index contributed by atoms with van der Waals surface area (Å²) in [4.78, 5) is 0. The molecule has 0 heterocycles. The molecule has 0 saturated heterocycles. The van der Waals surface area contributed by atoms with E-state index in [4.69, 9.17) is 9.47 Å². The molecule has 0 spiro atoms. The number of rotatable bonds is 5. The molecule has 0 saturated carbocycles. The van der Waals surface area contributed by atoms with Crippen LogP contribution in [0.25, 0.3) is 0 Å². The average molecular weight is 282 g/mol. The second-order valence-corrected chi connectivity index (χ2v) is 5.49. The highest BCUT2D eigenvalue weighted by Gasteiger charge is 2.21. The quantitative estimate of drug-likeness (QED) is 0.820. The molecule has 0 bridgehead atoms. The molecule has 0 aliphatic heterocycles.